The van der Waals surface area contributed by atoms with E-state index in [4.69, 9.17) is 5.14 Å². The number of nitrogens with two attached hydrogens (primary N) is 1. The van der Waals surface area contributed by atoms with E-state index in [0.717, 1.165) is 11.3 Å². The first-order valence-electron chi connectivity index (χ1n) is 6.32. The fraction of sp³-hybridized carbons (Fsp3) is 0.200. The molecule has 0 heterocycles. The lowest BCUT2D eigenvalue weighted by Crippen LogP contribution is -2.13. The lowest BCUT2D eigenvalue weighted by molar-refractivity contribution is 0.598. The summed E-state index contributed by atoms with van der Waals surface area (Å²) in [6.45, 7) is 4.07. The van der Waals surface area contributed by atoms with Crippen molar-refractivity contribution in [2.45, 2.75) is 24.8 Å². The Morgan fingerprint density at radius 3 is 2.45 bits per heavy atom. The maximum absolute atomic E-state index is 11.3. The van der Waals surface area contributed by atoms with Crippen molar-refractivity contribution < 1.29 is 8.42 Å². The van der Waals surface area contributed by atoms with Gasteiger partial charge in [-0.3, -0.25) is 0 Å². The number of benzene rings is 2. The summed E-state index contributed by atoms with van der Waals surface area (Å²) in [7, 11) is -3.67. The normalized spacial score (nSPS) is 12.9. The van der Waals surface area contributed by atoms with Crippen molar-refractivity contribution >= 4 is 15.7 Å². The van der Waals surface area contributed by atoms with Gasteiger partial charge in [0.2, 0.25) is 10.0 Å². The molecule has 0 bridgehead atoms. The van der Waals surface area contributed by atoms with E-state index in [1.807, 2.05) is 38.1 Å². The third-order valence-corrected chi connectivity index (χ3v) is 4.00. The smallest absolute Gasteiger partial charge is 0.238 e. The van der Waals surface area contributed by atoms with Gasteiger partial charge in [0.15, 0.2) is 0 Å². The number of hydrogen-bond donors (Lipinski definition) is 2. The van der Waals surface area contributed by atoms with Crippen molar-refractivity contribution in [3.8, 4) is 0 Å². The van der Waals surface area contributed by atoms with Crippen LogP contribution in [0.4, 0.5) is 5.69 Å². The van der Waals surface area contributed by atoms with E-state index in [2.05, 4.69) is 11.4 Å². The highest BCUT2D eigenvalue weighted by molar-refractivity contribution is 7.89. The van der Waals surface area contributed by atoms with Gasteiger partial charge in [0, 0.05) is 11.7 Å². The molecule has 0 aromatic heterocycles. The van der Waals surface area contributed by atoms with Crippen LogP contribution in [-0.4, -0.2) is 8.42 Å². The van der Waals surface area contributed by atoms with Gasteiger partial charge in [0.05, 0.1) is 4.90 Å². The Kier molecular flexibility index (Phi) is 4.11. The average molecular weight is 290 g/mol. The minimum absolute atomic E-state index is 0.0747. The van der Waals surface area contributed by atoms with E-state index < -0.39 is 10.0 Å². The summed E-state index contributed by atoms with van der Waals surface area (Å²) in [6, 6.07) is 14.8. The van der Waals surface area contributed by atoms with Crippen LogP contribution in [0.2, 0.25) is 0 Å². The third kappa shape index (κ3) is 3.59. The molecule has 0 aliphatic rings. The van der Waals surface area contributed by atoms with Gasteiger partial charge >= 0.3 is 0 Å². The van der Waals surface area contributed by atoms with Crippen molar-refractivity contribution in [2.24, 2.45) is 5.14 Å². The van der Waals surface area contributed by atoms with E-state index in [1.54, 1.807) is 12.1 Å². The van der Waals surface area contributed by atoms with Crippen LogP contribution in [0.15, 0.2) is 53.4 Å². The van der Waals surface area contributed by atoms with Crippen molar-refractivity contribution in [3.63, 3.8) is 0 Å². The molecule has 0 saturated carbocycles. The van der Waals surface area contributed by atoms with Crippen LogP contribution in [0.25, 0.3) is 0 Å². The highest BCUT2D eigenvalue weighted by atomic mass is 32.2. The first-order chi connectivity index (χ1) is 9.36. The Balaban J connectivity index is 2.22. The quantitative estimate of drug-likeness (QED) is 0.909. The Bertz CT molecular complexity index is 711. The first-order valence-corrected chi connectivity index (χ1v) is 7.87. The SMILES string of the molecule is Cc1cccc(C(C)Nc2cccc(S(N)(=O)=O)c2)c1. The van der Waals surface area contributed by atoms with Crippen LogP contribution >= 0.6 is 0 Å². The van der Waals surface area contributed by atoms with Gasteiger partial charge in [-0.2, -0.15) is 0 Å². The molecule has 1 atom stereocenters. The van der Waals surface area contributed by atoms with Gasteiger partial charge < -0.3 is 5.32 Å². The Hall–Kier alpha value is -1.85. The summed E-state index contributed by atoms with van der Waals surface area (Å²) >= 11 is 0. The van der Waals surface area contributed by atoms with Crippen molar-refractivity contribution in [1.29, 1.82) is 0 Å². The number of sulfonamides is 1. The van der Waals surface area contributed by atoms with Gasteiger partial charge in [-0.05, 0) is 37.6 Å². The second-order valence-electron chi connectivity index (χ2n) is 4.85. The number of rotatable bonds is 4. The molecule has 106 valence electrons. The van der Waals surface area contributed by atoms with Gasteiger partial charge in [0.1, 0.15) is 0 Å². The Morgan fingerprint density at radius 2 is 1.80 bits per heavy atom. The average Bonchev–Trinajstić information content (AvgIpc) is 2.38. The lowest BCUT2D eigenvalue weighted by Gasteiger charge is -2.16. The highest BCUT2D eigenvalue weighted by Crippen LogP contribution is 2.21. The zero-order chi connectivity index (χ0) is 14.8. The number of primary sulfonamides is 1. The van der Waals surface area contributed by atoms with E-state index >= 15 is 0 Å². The molecule has 0 spiro atoms. The van der Waals surface area contributed by atoms with Gasteiger partial charge in [-0.15, -0.1) is 0 Å². The first kappa shape index (κ1) is 14.6. The monoisotopic (exact) mass is 290 g/mol. The molecule has 1 unspecified atom stereocenters. The summed E-state index contributed by atoms with van der Waals surface area (Å²) in [4.78, 5) is 0.110. The molecule has 0 saturated heterocycles. The minimum atomic E-state index is -3.67. The summed E-state index contributed by atoms with van der Waals surface area (Å²) in [6.07, 6.45) is 0. The van der Waals surface area contributed by atoms with Gasteiger partial charge in [-0.25, -0.2) is 13.6 Å². The number of anilines is 1. The summed E-state index contributed by atoms with van der Waals surface area (Å²) in [5, 5.41) is 8.41. The summed E-state index contributed by atoms with van der Waals surface area (Å²) < 4.78 is 22.7. The molecule has 5 heteroatoms. The predicted molar refractivity (Wildman–Crippen MR) is 81.0 cm³/mol. The minimum Gasteiger partial charge on any atom is -0.378 e. The molecule has 0 amide bonds. The molecule has 2 aromatic rings. The van der Waals surface area contributed by atoms with E-state index in [9.17, 15) is 8.42 Å². The molecule has 20 heavy (non-hydrogen) atoms. The molecule has 2 rings (SSSR count). The van der Waals surface area contributed by atoms with Gasteiger partial charge in [-0.1, -0.05) is 35.9 Å². The number of hydrogen-bond acceptors (Lipinski definition) is 3. The van der Waals surface area contributed by atoms with Crippen LogP contribution in [-0.2, 0) is 10.0 Å². The largest absolute Gasteiger partial charge is 0.378 e. The number of aryl methyl sites for hydroxylation is 1. The van der Waals surface area contributed by atoms with E-state index in [0.29, 0.717) is 0 Å². The fourth-order valence-electron chi connectivity index (χ4n) is 2.04. The standard InChI is InChI=1S/C15H18N2O2S/c1-11-5-3-6-13(9-11)12(2)17-14-7-4-8-15(10-14)20(16,18)19/h3-10,12,17H,1-2H3,(H2,16,18,19). The third-order valence-electron chi connectivity index (χ3n) is 3.09. The zero-order valence-corrected chi connectivity index (χ0v) is 12.3. The maximum atomic E-state index is 11.3. The number of nitrogens with one attached hydrogen (secondary N) is 1. The molecular weight excluding hydrogens is 272 g/mol. The molecule has 4 nitrogen and oxygen atoms in total. The van der Waals surface area contributed by atoms with Crippen LogP contribution in [0.3, 0.4) is 0 Å². The van der Waals surface area contributed by atoms with Crippen LogP contribution in [0.1, 0.15) is 24.1 Å². The van der Waals surface area contributed by atoms with Gasteiger partial charge in [0.25, 0.3) is 0 Å². The molecule has 2 aromatic carbocycles. The topological polar surface area (TPSA) is 72.2 Å². The Labute approximate surface area is 119 Å². The van der Waals surface area contributed by atoms with Crippen molar-refractivity contribution in [1.82, 2.24) is 0 Å². The molecular formula is C15H18N2O2S. The fourth-order valence-corrected chi connectivity index (χ4v) is 2.60. The van der Waals surface area contributed by atoms with E-state index in [1.165, 1.54) is 11.6 Å². The summed E-state index contributed by atoms with van der Waals surface area (Å²) in [5.41, 5.74) is 3.06. The predicted octanol–water partition coefficient (Wildman–Crippen LogP) is 2.82. The second kappa shape index (κ2) is 5.64. The molecule has 0 aliphatic carbocycles. The molecule has 3 N–H and O–H groups in total. The molecule has 0 radical (unpaired) electrons. The van der Waals surface area contributed by atoms with Crippen molar-refractivity contribution in [3.05, 3.63) is 59.7 Å². The van der Waals surface area contributed by atoms with Crippen LogP contribution in [0, 0.1) is 6.92 Å². The van der Waals surface area contributed by atoms with E-state index in [-0.39, 0.29) is 10.9 Å². The lowest BCUT2D eigenvalue weighted by atomic mass is 10.1. The maximum Gasteiger partial charge on any atom is 0.238 e. The Morgan fingerprint density at radius 1 is 1.10 bits per heavy atom. The highest BCUT2D eigenvalue weighted by Gasteiger charge is 2.10. The summed E-state index contributed by atoms with van der Waals surface area (Å²) in [5.74, 6) is 0. The second-order valence-corrected chi connectivity index (χ2v) is 6.41. The zero-order valence-electron chi connectivity index (χ0n) is 11.5. The van der Waals surface area contributed by atoms with Crippen LogP contribution < -0.4 is 10.5 Å². The van der Waals surface area contributed by atoms with Crippen LogP contribution in [0.5, 0.6) is 0 Å². The van der Waals surface area contributed by atoms with Crippen molar-refractivity contribution in [2.75, 3.05) is 5.32 Å². The molecule has 0 fully saturated rings. The molecule has 0 aliphatic heterocycles.